The molecule has 2 aliphatic rings. The molecule has 11 heteroatoms. The van der Waals surface area contributed by atoms with E-state index >= 15 is 0 Å². The number of aliphatic imine (C=N–C) groups is 1. The zero-order valence-corrected chi connectivity index (χ0v) is 15.8. The van der Waals surface area contributed by atoms with Crippen LogP contribution in [0.25, 0.3) is 0 Å². The Morgan fingerprint density at radius 2 is 2.38 bits per heavy atom. The van der Waals surface area contributed by atoms with Gasteiger partial charge in [0, 0.05) is 43.1 Å². The number of primary amides is 1. The minimum absolute atomic E-state index is 0.0947. The molecule has 1 aromatic heterocycles. The molecule has 2 aromatic rings. The second-order valence-electron chi connectivity index (χ2n) is 7.06. The third kappa shape index (κ3) is 3.76. The van der Waals surface area contributed by atoms with Gasteiger partial charge in [-0.2, -0.15) is 5.10 Å². The van der Waals surface area contributed by atoms with E-state index in [0.29, 0.717) is 24.5 Å². The number of carbonyl (C=O) groups is 1. The zero-order valence-electron chi connectivity index (χ0n) is 15.8. The first-order chi connectivity index (χ1) is 14.0. The predicted octanol–water partition coefficient (Wildman–Crippen LogP) is 0.361. The molecule has 0 saturated carbocycles. The quantitative estimate of drug-likeness (QED) is 0.491. The summed E-state index contributed by atoms with van der Waals surface area (Å²) in [6, 6.07) is 2.73. The SMILES string of the molecule is CN=CC1CCOC[C@@H]1n1cc(C(N)=O)c(Nc2cc(F)c3c(c2)COB3O)n1. The van der Waals surface area contributed by atoms with Crippen LogP contribution in [0.4, 0.5) is 15.9 Å². The van der Waals surface area contributed by atoms with Gasteiger partial charge in [0.2, 0.25) is 0 Å². The average molecular weight is 401 g/mol. The first-order valence-corrected chi connectivity index (χ1v) is 9.26. The van der Waals surface area contributed by atoms with E-state index in [0.717, 1.165) is 6.42 Å². The number of nitrogens with one attached hydrogen (secondary N) is 1. The highest BCUT2D eigenvalue weighted by atomic mass is 19.1. The van der Waals surface area contributed by atoms with Gasteiger partial charge in [-0.25, -0.2) is 4.39 Å². The van der Waals surface area contributed by atoms with E-state index in [-0.39, 0.29) is 35.4 Å². The molecular formula is C18H21BFN5O4. The summed E-state index contributed by atoms with van der Waals surface area (Å²) in [5.74, 6) is -0.932. The lowest BCUT2D eigenvalue weighted by atomic mass is 9.79. The van der Waals surface area contributed by atoms with E-state index in [4.69, 9.17) is 15.1 Å². The number of carbonyl (C=O) groups excluding carboxylic acids is 1. The van der Waals surface area contributed by atoms with Gasteiger partial charge in [0.25, 0.3) is 5.91 Å². The smallest absolute Gasteiger partial charge is 0.423 e. The Bertz CT molecular complexity index is 966. The highest BCUT2D eigenvalue weighted by molar-refractivity contribution is 6.61. The summed E-state index contributed by atoms with van der Waals surface area (Å²) in [6.45, 7) is 1.15. The van der Waals surface area contributed by atoms with Crippen molar-refractivity contribution < 1.29 is 23.6 Å². The zero-order chi connectivity index (χ0) is 20.5. The number of rotatable bonds is 5. The predicted molar refractivity (Wildman–Crippen MR) is 105 cm³/mol. The Morgan fingerprint density at radius 1 is 1.55 bits per heavy atom. The number of nitrogens with two attached hydrogens (primary N) is 1. The summed E-state index contributed by atoms with van der Waals surface area (Å²) < 4.78 is 26.6. The van der Waals surface area contributed by atoms with Crippen molar-refractivity contribution in [3.63, 3.8) is 0 Å². The Hall–Kier alpha value is -2.76. The van der Waals surface area contributed by atoms with Gasteiger partial charge in [0.05, 0.1) is 19.3 Å². The van der Waals surface area contributed by atoms with Crippen LogP contribution in [0.3, 0.4) is 0 Å². The number of aromatic nitrogens is 2. The van der Waals surface area contributed by atoms with Crippen molar-refractivity contribution in [2.45, 2.75) is 19.1 Å². The van der Waals surface area contributed by atoms with Crippen LogP contribution in [-0.2, 0) is 16.0 Å². The number of nitrogens with zero attached hydrogens (tertiary/aromatic N) is 3. The molecule has 3 heterocycles. The van der Waals surface area contributed by atoms with Crippen LogP contribution in [0.1, 0.15) is 28.4 Å². The number of anilines is 2. The van der Waals surface area contributed by atoms with Crippen LogP contribution in [0.5, 0.6) is 0 Å². The minimum atomic E-state index is -1.28. The summed E-state index contributed by atoms with van der Waals surface area (Å²) in [5.41, 5.74) is 6.73. The summed E-state index contributed by atoms with van der Waals surface area (Å²) >= 11 is 0. The molecule has 1 amide bonds. The number of halogens is 1. The summed E-state index contributed by atoms with van der Waals surface area (Å²) in [6.07, 6.45) is 4.21. The van der Waals surface area contributed by atoms with Crippen LogP contribution in [0.2, 0.25) is 0 Å². The van der Waals surface area contributed by atoms with Gasteiger partial charge in [-0.1, -0.05) is 0 Å². The fourth-order valence-electron chi connectivity index (χ4n) is 3.74. The van der Waals surface area contributed by atoms with Gasteiger partial charge in [-0.15, -0.1) is 0 Å². The van der Waals surface area contributed by atoms with E-state index in [1.54, 1.807) is 24.0 Å². The van der Waals surface area contributed by atoms with Crippen molar-refractivity contribution in [1.82, 2.24) is 9.78 Å². The molecule has 0 radical (unpaired) electrons. The minimum Gasteiger partial charge on any atom is -0.423 e. The Kier molecular flexibility index (Phi) is 5.35. The first kappa shape index (κ1) is 19.6. The Balaban J connectivity index is 1.66. The van der Waals surface area contributed by atoms with Gasteiger partial charge in [-0.3, -0.25) is 9.48 Å². The summed E-state index contributed by atoms with van der Waals surface area (Å²) in [7, 11) is 0.434. The molecule has 9 nitrogen and oxygen atoms in total. The molecule has 4 rings (SSSR count). The highest BCUT2D eigenvalue weighted by Gasteiger charge is 2.32. The molecule has 1 fully saturated rings. The average Bonchev–Trinajstić information content (AvgIpc) is 3.27. The van der Waals surface area contributed by atoms with Gasteiger partial charge in [0.1, 0.15) is 11.4 Å². The molecule has 1 aromatic carbocycles. The summed E-state index contributed by atoms with van der Waals surface area (Å²) in [4.78, 5) is 16.1. The second-order valence-corrected chi connectivity index (χ2v) is 7.06. The molecule has 152 valence electrons. The van der Waals surface area contributed by atoms with Crippen LogP contribution in [0, 0.1) is 11.7 Å². The van der Waals surface area contributed by atoms with E-state index in [1.807, 2.05) is 6.21 Å². The lowest BCUT2D eigenvalue weighted by Gasteiger charge is -2.29. The van der Waals surface area contributed by atoms with E-state index in [2.05, 4.69) is 15.4 Å². The van der Waals surface area contributed by atoms with E-state index < -0.39 is 18.8 Å². The molecule has 1 unspecified atom stereocenters. The van der Waals surface area contributed by atoms with Gasteiger partial charge < -0.3 is 30.5 Å². The first-order valence-electron chi connectivity index (χ1n) is 9.26. The van der Waals surface area contributed by atoms with E-state index in [9.17, 15) is 14.2 Å². The standard InChI is InChI=1S/C18H21BFN5O4/c1-22-6-10-2-3-28-9-15(10)25-7-13(17(21)26)18(24-25)23-12-4-11-8-29-19(27)16(11)14(20)5-12/h4-7,10,15,27H,2-3,8-9H2,1H3,(H2,21,26)(H,23,24)/t10?,15-/m0/s1. The molecule has 4 N–H and O–H groups in total. The molecule has 2 aliphatic heterocycles. The normalized spacial score (nSPS) is 21.6. The summed E-state index contributed by atoms with van der Waals surface area (Å²) in [5, 5.41) is 17.1. The molecule has 1 saturated heterocycles. The molecule has 0 spiro atoms. The molecule has 0 aliphatic carbocycles. The van der Waals surface area contributed by atoms with Gasteiger partial charge in [0.15, 0.2) is 5.82 Å². The second kappa shape index (κ2) is 7.93. The lowest BCUT2D eigenvalue weighted by Crippen LogP contribution is -2.31. The van der Waals surface area contributed by atoms with E-state index in [1.165, 1.54) is 6.07 Å². The van der Waals surface area contributed by atoms with Crippen molar-refractivity contribution in [2.75, 3.05) is 25.6 Å². The third-order valence-electron chi connectivity index (χ3n) is 5.18. The molecular weight excluding hydrogens is 380 g/mol. The molecule has 0 bridgehead atoms. The van der Waals surface area contributed by atoms with Crippen LogP contribution in [-0.4, -0.2) is 54.3 Å². The monoisotopic (exact) mass is 401 g/mol. The molecule has 29 heavy (non-hydrogen) atoms. The van der Waals surface area contributed by atoms with Crippen LogP contribution >= 0.6 is 0 Å². The number of fused-ring (bicyclic) bond motifs is 1. The van der Waals surface area contributed by atoms with Crippen molar-refractivity contribution >= 4 is 36.2 Å². The fourth-order valence-corrected chi connectivity index (χ4v) is 3.74. The number of hydrogen-bond donors (Lipinski definition) is 3. The molecule has 2 atom stereocenters. The van der Waals surface area contributed by atoms with Gasteiger partial charge >= 0.3 is 7.12 Å². The van der Waals surface area contributed by atoms with Crippen LogP contribution in [0.15, 0.2) is 23.3 Å². The highest BCUT2D eigenvalue weighted by Crippen LogP contribution is 2.29. The number of benzene rings is 1. The maximum Gasteiger partial charge on any atom is 0.494 e. The van der Waals surface area contributed by atoms with Crippen molar-refractivity contribution in [1.29, 1.82) is 0 Å². The Morgan fingerprint density at radius 3 is 3.14 bits per heavy atom. The maximum atomic E-state index is 14.4. The van der Waals surface area contributed by atoms with Crippen molar-refractivity contribution in [2.24, 2.45) is 16.6 Å². The Labute approximate surface area is 166 Å². The van der Waals surface area contributed by atoms with Crippen molar-refractivity contribution in [3.05, 3.63) is 35.3 Å². The van der Waals surface area contributed by atoms with Gasteiger partial charge in [-0.05, 0) is 24.1 Å². The lowest BCUT2D eigenvalue weighted by molar-refractivity contribution is 0.0385. The third-order valence-corrected chi connectivity index (χ3v) is 5.18. The maximum absolute atomic E-state index is 14.4. The number of ether oxygens (including phenoxy) is 1. The fraction of sp³-hybridized carbons (Fsp3) is 0.389. The van der Waals surface area contributed by atoms with Crippen LogP contribution < -0.4 is 16.5 Å². The number of amides is 1. The topological polar surface area (TPSA) is 124 Å². The number of hydrogen-bond acceptors (Lipinski definition) is 7. The largest absolute Gasteiger partial charge is 0.494 e. The van der Waals surface area contributed by atoms with Crippen molar-refractivity contribution in [3.8, 4) is 0 Å².